The molecule has 1 atom stereocenters. The molecule has 0 fully saturated rings. The highest BCUT2D eigenvalue weighted by atomic mass is 127. The summed E-state index contributed by atoms with van der Waals surface area (Å²) < 4.78 is 1.15. The smallest absolute Gasteiger partial charge is 0.0566 e. The molecule has 1 nitrogen and oxygen atoms in total. The predicted molar refractivity (Wildman–Crippen MR) is 81.7 cm³/mol. The van der Waals surface area contributed by atoms with Crippen LogP contribution in [-0.4, -0.2) is 0 Å². The van der Waals surface area contributed by atoms with E-state index >= 15 is 0 Å². The van der Waals surface area contributed by atoms with E-state index in [2.05, 4.69) is 28.7 Å². The van der Waals surface area contributed by atoms with E-state index in [1.54, 1.807) is 12.1 Å². The Labute approximate surface area is 124 Å². The summed E-state index contributed by atoms with van der Waals surface area (Å²) in [7, 11) is 0. The maximum Gasteiger partial charge on any atom is 0.0566 e. The first kappa shape index (κ1) is 13.1. The van der Waals surface area contributed by atoms with Gasteiger partial charge in [-0.25, -0.2) is 0 Å². The van der Waals surface area contributed by atoms with Gasteiger partial charge < -0.3 is 5.73 Å². The Morgan fingerprint density at radius 3 is 2.47 bits per heavy atom. The van der Waals surface area contributed by atoms with Crippen molar-refractivity contribution in [3.63, 3.8) is 0 Å². The molecule has 4 heteroatoms. The average Bonchev–Trinajstić information content (AvgIpc) is 2.28. The number of hydrogen-bond acceptors (Lipinski definition) is 1. The number of nitrogens with two attached hydrogens (primary N) is 1. The lowest BCUT2D eigenvalue weighted by Gasteiger charge is -2.14. The number of hydrogen-bond donors (Lipinski definition) is 1. The molecule has 0 bridgehead atoms. The summed E-state index contributed by atoms with van der Waals surface area (Å²) in [6.45, 7) is 0. The molecule has 0 radical (unpaired) electrons. The third kappa shape index (κ3) is 3.13. The highest BCUT2D eigenvalue weighted by Crippen LogP contribution is 2.29. The lowest BCUT2D eigenvalue weighted by molar-refractivity contribution is 0.871. The number of benzene rings is 2. The Balaban J connectivity index is 2.40. The van der Waals surface area contributed by atoms with Gasteiger partial charge >= 0.3 is 0 Å². The zero-order valence-electron chi connectivity index (χ0n) is 8.83. The first-order valence-electron chi connectivity index (χ1n) is 5.04. The lowest BCUT2D eigenvalue weighted by Crippen LogP contribution is -2.12. The van der Waals surface area contributed by atoms with Crippen molar-refractivity contribution in [3.8, 4) is 0 Å². The maximum absolute atomic E-state index is 6.21. The van der Waals surface area contributed by atoms with Gasteiger partial charge in [0.05, 0.1) is 6.04 Å². The van der Waals surface area contributed by atoms with Crippen LogP contribution in [0.3, 0.4) is 0 Å². The molecule has 88 valence electrons. The van der Waals surface area contributed by atoms with Gasteiger partial charge in [-0.1, -0.05) is 41.4 Å². The van der Waals surface area contributed by atoms with Gasteiger partial charge in [-0.15, -0.1) is 0 Å². The van der Waals surface area contributed by atoms with Gasteiger partial charge in [-0.05, 0) is 58.0 Å². The van der Waals surface area contributed by atoms with Crippen molar-refractivity contribution in [1.82, 2.24) is 0 Å². The van der Waals surface area contributed by atoms with Gasteiger partial charge in [0.25, 0.3) is 0 Å². The normalized spacial score (nSPS) is 12.5. The third-order valence-corrected chi connectivity index (χ3v) is 3.74. The highest BCUT2D eigenvalue weighted by molar-refractivity contribution is 14.1. The van der Waals surface area contributed by atoms with Crippen molar-refractivity contribution >= 4 is 45.8 Å². The summed E-state index contributed by atoms with van der Waals surface area (Å²) in [6.07, 6.45) is 0. The minimum absolute atomic E-state index is 0.227. The molecular weight excluding hydrogens is 368 g/mol. The monoisotopic (exact) mass is 377 g/mol. The Bertz CT molecular complexity index is 543. The van der Waals surface area contributed by atoms with Crippen LogP contribution in [0.1, 0.15) is 17.2 Å². The van der Waals surface area contributed by atoms with Gasteiger partial charge in [0, 0.05) is 13.6 Å². The number of halogens is 3. The zero-order valence-corrected chi connectivity index (χ0v) is 12.5. The number of rotatable bonds is 2. The second-order valence-corrected chi connectivity index (χ2v) is 5.79. The van der Waals surface area contributed by atoms with Crippen LogP contribution in [0, 0.1) is 3.57 Å². The summed E-state index contributed by atoms with van der Waals surface area (Å²) in [5, 5.41) is 1.22. The van der Waals surface area contributed by atoms with Crippen LogP contribution in [-0.2, 0) is 0 Å². The lowest BCUT2D eigenvalue weighted by atomic mass is 10.00. The molecule has 0 amide bonds. The molecule has 0 aliphatic rings. The standard InChI is InChI=1S/C13H10Cl2IN/c14-9-4-5-11(12(15)7-9)13(17)8-2-1-3-10(16)6-8/h1-7,13H,17H2. The van der Waals surface area contributed by atoms with E-state index in [4.69, 9.17) is 28.9 Å². The molecule has 2 aromatic rings. The molecule has 0 saturated heterocycles. The summed E-state index contributed by atoms with van der Waals surface area (Å²) in [5.41, 5.74) is 8.14. The molecule has 2 rings (SSSR count). The van der Waals surface area contributed by atoms with Crippen LogP contribution in [0.25, 0.3) is 0 Å². The first-order valence-corrected chi connectivity index (χ1v) is 6.87. The van der Waals surface area contributed by atoms with Gasteiger partial charge in [0.1, 0.15) is 0 Å². The minimum atomic E-state index is -0.227. The fourth-order valence-electron chi connectivity index (χ4n) is 1.63. The van der Waals surface area contributed by atoms with E-state index in [9.17, 15) is 0 Å². The molecule has 2 aromatic carbocycles. The molecule has 17 heavy (non-hydrogen) atoms. The van der Waals surface area contributed by atoms with Gasteiger partial charge in [0.2, 0.25) is 0 Å². The zero-order chi connectivity index (χ0) is 12.4. The quantitative estimate of drug-likeness (QED) is 0.757. The van der Waals surface area contributed by atoms with E-state index in [0.29, 0.717) is 10.0 Å². The van der Waals surface area contributed by atoms with E-state index in [1.807, 2.05) is 24.3 Å². The van der Waals surface area contributed by atoms with Crippen molar-refractivity contribution in [3.05, 3.63) is 67.2 Å². The van der Waals surface area contributed by atoms with Crippen LogP contribution >= 0.6 is 45.8 Å². The van der Waals surface area contributed by atoms with Gasteiger partial charge in [-0.2, -0.15) is 0 Å². The Morgan fingerprint density at radius 2 is 1.82 bits per heavy atom. The molecule has 0 spiro atoms. The van der Waals surface area contributed by atoms with E-state index < -0.39 is 0 Å². The minimum Gasteiger partial charge on any atom is -0.320 e. The molecule has 0 saturated carbocycles. The Hall–Kier alpha value is -0.290. The van der Waals surface area contributed by atoms with E-state index in [0.717, 1.165) is 14.7 Å². The fraction of sp³-hybridized carbons (Fsp3) is 0.0769. The second kappa shape index (κ2) is 5.57. The topological polar surface area (TPSA) is 26.0 Å². The fourth-order valence-corrected chi connectivity index (χ4v) is 2.73. The highest BCUT2D eigenvalue weighted by Gasteiger charge is 2.12. The Kier molecular flexibility index (Phi) is 4.31. The third-order valence-electron chi connectivity index (χ3n) is 2.51. The Morgan fingerprint density at radius 1 is 1.06 bits per heavy atom. The second-order valence-electron chi connectivity index (χ2n) is 3.70. The van der Waals surface area contributed by atoms with E-state index in [1.165, 1.54) is 0 Å². The molecule has 2 N–H and O–H groups in total. The molecule has 1 unspecified atom stereocenters. The maximum atomic E-state index is 6.21. The largest absolute Gasteiger partial charge is 0.320 e. The predicted octanol–water partition coefficient (Wildman–Crippen LogP) is 4.65. The van der Waals surface area contributed by atoms with Crippen molar-refractivity contribution in [2.75, 3.05) is 0 Å². The van der Waals surface area contributed by atoms with Crippen molar-refractivity contribution in [2.45, 2.75) is 6.04 Å². The average molecular weight is 378 g/mol. The first-order chi connectivity index (χ1) is 8.08. The van der Waals surface area contributed by atoms with Crippen molar-refractivity contribution in [2.24, 2.45) is 5.73 Å². The van der Waals surface area contributed by atoms with Crippen LogP contribution in [0.4, 0.5) is 0 Å². The van der Waals surface area contributed by atoms with Crippen LogP contribution in [0.5, 0.6) is 0 Å². The summed E-state index contributed by atoms with van der Waals surface area (Å²) in [6, 6.07) is 13.2. The molecular formula is C13H10Cl2IN. The van der Waals surface area contributed by atoms with Gasteiger partial charge in [-0.3, -0.25) is 0 Å². The molecule has 0 heterocycles. The van der Waals surface area contributed by atoms with Crippen LogP contribution in [0.2, 0.25) is 10.0 Å². The van der Waals surface area contributed by atoms with Crippen LogP contribution < -0.4 is 5.73 Å². The van der Waals surface area contributed by atoms with Crippen molar-refractivity contribution < 1.29 is 0 Å². The van der Waals surface area contributed by atoms with Crippen LogP contribution in [0.15, 0.2) is 42.5 Å². The molecule has 0 aliphatic carbocycles. The van der Waals surface area contributed by atoms with E-state index in [-0.39, 0.29) is 6.04 Å². The summed E-state index contributed by atoms with van der Waals surface area (Å²) in [4.78, 5) is 0. The molecule has 0 aliphatic heterocycles. The SMILES string of the molecule is NC(c1cccc(I)c1)c1ccc(Cl)cc1Cl. The molecule has 0 aromatic heterocycles. The van der Waals surface area contributed by atoms with Gasteiger partial charge in [0.15, 0.2) is 0 Å². The summed E-state index contributed by atoms with van der Waals surface area (Å²) in [5.74, 6) is 0. The van der Waals surface area contributed by atoms with Crippen molar-refractivity contribution in [1.29, 1.82) is 0 Å². The summed E-state index contributed by atoms with van der Waals surface area (Å²) >= 11 is 14.3.